The van der Waals surface area contributed by atoms with Gasteiger partial charge in [-0.3, -0.25) is 9.78 Å². The van der Waals surface area contributed by atoms with E-state index in [-0.39, 0.29) is 17.8 Å². The third-order valence-corrected chi connectivity index (χ3v) is 3.20. The number of aromatic nitrogens is 2. The quantitative estimate of drug-likeness (QED) is 0.739. The Hall–Kier alpha value is -0.940. The summed E-state index contributed by atoms with van der Waals surface area (Å²) in [4.78, 5) is 17.4. The molecule has 4 nitrogen and oxygen atoms in total. The first-order chi connectivity index (χ1) is 7.49. The van der Waals surface area contributed by atoms with E-state index in [0.717, 1.165) is 12.1 Å². The second-order valence-electron chi connectivity index (χ2n) is 4.57. The predicted molar refractivity (Wildman–Crippen MR) is 64.1 cm³/mol. The molecule has 1 aromatic heterocycles. The Morgan fingerprint density at radius 2 is 2.12 bits per heavy atom. The van der Waals surface area contributed by atoms with Gasteiger partial charge in [-0.15, -0.1) is 0 Å². The van der Waals surface area contributed by atoms with Crippen molar-refractivity contribution in [1.29, 1.82) is 0 Å². The number of nitrogens with one attached hydrogen (secondary N) is 2. The molecule has 1 aliphatic rings. The Kier molecular flexibility index (Phi) is 2.99. The fourth-order valence-electron chi connectivity index (χ4n) is 2.11. The molecular weight excluding hydrogens is 224 g/mol. The smallest absolute Gasteiger partial charge is 0.257 e. The molecule has 0 aliphatic carbocycles. The molecule has 5 heteroatoms. The summed E-state index contributed by atoms with van der Waals surface area (Å²) in [5, 5.41) is 0. The highest BCUT2D eigenvalue weighted by molar-refractivity contribution is 7.71. The largest absolute Gasteiger partial charge is 0.370 e. The molecule has 0 saturated carbocycles. The van der Waals surface area contributed by atoms with Crippen molar-refractivity contribution in [2.75, 3.05) is 0 Å². The normalized spacial score (nSPS) is 24.5. The van der Waals surface area contributed by atoms with Crippen LogP contribution >= 0.6 is 12.2 Å². The predicted octanol–water partition coefficient (Wildman–Crippen LogP) is 2.09. The van der Waals surface area contributed by atoms with E-state index in [0.29, 0.717) is 16.3 Å². The minimum absolute atomic E-state index is 0.131. The van der Waals surface area contributed by atoms with Gasteiger partial charge in [-0.1, -0.05) is 13.8 Å². The summed E-state index contributed by atoms with van der Waals surface area (Å²) in [6.07, 6.45) is 0.701. The molecule has 16 heavy (non-hydrogen) atoms. The molecule has 0 spiro atoms. The van der Waals surface area contributed by atoms with E-state index in [1.165, 1.54) is 0 Å². The van der Waals surface area contributed by atoms with Gasteiger partial charge in [-0.2, -0.15) is 0 Å². The molecule has 0 fully saturated rings. The topological polar surface area (TPSA) is 57.9 Å². The zero-order valence-electron chi connectivity index (χ0n) is 9.66. The maximum absolute atomic E-state index is 11.7. The summed E-state index contributed by atoms with van der Waals surface area (Å²) < 4.78 is 6.21. The van der Waals surface area contributed by atoms with Crippen LogP contribution in [-0.4, -0.2) is 16.1 Å². The van der Waals surface area contributed by atoms with E-state index in [1.807, 2.05) is 6.92 Å². The van der Waals surface area contributed by atoms with Crippen molar-refractivity contribution in [3.8, 4) is 0 Å². The van der Waals surface area contributed by atoms with E-state index < -0.39 is 0 Å². The standard InChI is InChI=1S/C11H16N2O2S/c1-5(2)8-4-7-9(6(3)15-8)10(14)13-11(16)12-7/h5-6,8H,4H2,1-3H3,(H2,12,13,14,16)/t6-,8-/m0/s1. The number of hydrogen-bond acceptors (Lipinski definition) is 3. The monoisotopic (exact) mass is 240 g/mol. The average molecular weight is 240 g/mol. The van der Waals surface area contributed by atoms with Gasteiger partial charge >= 0.3 is 0 Å². The molecule has 0 aromatic carbocycles. The van der Waals surface area contributed by atoms with Crippen LogP contribution in [0.5, 0.6) is 0 Å². The SMILES string of the molecule is CC(C)[C@@H]1Cc2[nH]c(=S)[nH]c(=O)c2[C@H](C)O1. The van der Waals surface area contributed by atoms with E-state index in [9.17, 15) is 4.79 Å². The molecule has 1 aliphatic heterocycles. The third kappa shape index (κ3) is 1.97. The molecule has 2 heterocycles. The van der Waals surface area contributed by atoms with E-state index in [2.05, 4.69) is 23.8 Å². The van der Waals surface area contributed by atoms with Crippen LogP contribution in [-0.2, 0) is 11.2 Å². The number of rotatable bonds is 1. The summed E-state index contributed by atoms with van der Waals surface area (Å²) in [5.74, 6) is 0.428. The van der Waals surface area contributed by atoms with Crippen LogP contribution in [0.15, 0.2) is 4.79 Å². The maximum atomic E-state index is 11.7. The Labute approximate surface area is 99.1 Å². The van der Waals surface area contributed by atoms with Crippen molar-refractivity contribution < 1.29 is 4.74 Å². The minimum Gasteiger partial charge on any atom is -0.370 e. The van der Waals surface area contributed by atoms with Crippen LogP contribution in [0.4, 0.5) is 0 Å². The van der Waals surface area contributed by atoms with Crippen molar-refractivity contribution in [2.24, 2.45) is 5.92 Å². The van der Waals surface area contributed by atoms with Crippen LogP contribution in [0.2, 0.25) is 0 Å². The van der Waals surface area contributed by atoms with Gasteiger partial charge in [0.1, 0.15) is 0 Å². The third-order valence-electron chi connectivity index (χ3n) is 3.00. The van der Waals surface area contributed by atoms with Crippen molar-refractivity contribution in [2.45, 2.75) is 39.4 Å². The van der Waals surface area contributed by atoms with Crippen LogP contribution in [0, 0.1) is 10.7 Å². The van der Waals surface area contributed by atoms with E-state index >= 15 is 0 Å². The van der Waals surface area contributed by atoms with Crippen LogP contribution in [0.25, 0.3) is 0 Å². The lowest BCUT2D eigenvalue weighted by molar-refractivity contribution is -0.0414. The molecule has 0 bridgehead atoms. The zero-order chi connectivity index (χ0) is 11.9. The second-order valence-corrected chi connectivity index (χ2v) is 4.97. The van der Waals surface area contributed by atoms with Gasteiger partial charge < -0.3 is 9.72 Å². The van der Waals surface area contributed by atoms with Crippen LogP contribution in [0.3, 0.4) is 0 Å². The van der Waals surface area contributed by atoms with Crippen molar-refractivity contribution in [1.82, 2.24) is 9.97 Å². The average Bonchev–Trinajstić information content (AvgIpc) is 2.15. The van der Waals surface area contributed by atoms with Gasteiger partial charge in [0, 0.05) is 12.1 Å². The molecule has 0 saturated heterocycles. The van der Waals surface area contributed by atoms with Gasteiger partial charge in [0.05, 0.1) is 17.8 Å². The van der Waals surface area contributed by atoms with Gasteiger partial charge in [0.15, 0.2) is 4.77 Å². The summed E-state index contributed by atoms with van der Waals surface area (Å²) in [6.45, 7) is 6.13. The highest BCUT2D eigenvalue weighted by Crippen LogP contribution is 2.28. The molecular formula is C11H16N2O2S. The van der Waals surface area contributed by atoms with E-state index in [4.69, 9.17) is 17.0 Å². The molecule has 1 aromatic rings. The lowest BCUT2D eigenvalue weighted by atomic mass is 9.95. The summed E-state index contributed by atoms with van der Waals surface area (Å²) in [6, 6.07) is 0. The molecule has 88 valence electrons. The van der Waals surface area contributed by atoms with Crippen LogP contribution in [0.1, 0.15) is 38.1 Å². The van der Waals surface area contributed by atoms with Gasteiger partial charge in [-0.25, -0.2) is 0 Å². The van der Waals surface area contributed by atoms with Gasteiger partial charge in [-0.05, 0) is 25.1 Å². The fourth-order valence-corrected chi connectivity index (χ4v) is 2.32. The van der Waals surface area contributed by atoms with Crippen molar-refractivity contribution in [3.05, 3.63) is 26.4 Å². The number of hydrogen-bond donors (Lipinski definition) is 2. The molecule has 0 amide bonds. The van der Waals surface area contributed by atoms with Gasteiger partial charge in [0.2, 0.25) is 0 Å². The molecule has 0 radical (unpaired) electrons. The second kappa shape index (κ2) is 4.14. The molecule has 0 unspecified atom stereocenters. The first-order valence-electron chi connectivity index (χ1n) is 5.50. The van der Waals surface area contributed by atoms with Gasteiger partial charge in [0.25, 0.3) is 5.56 Å². The lowest BCUT2D eigenvalue weighted by Crippen LogP contribution is -2.34. The van der Waals surface area contributed by atoms with Crippen molar-refractivity contribution >= 4 is 12.2 Å². The fraction of sp³-hybridized carbons (Fsp3) is 0.636. The lowest BCUT2D eigenvalue weighted by Gasteiger charge is -2.31. The first kappa shape index (κ1) is 11.5. The summed E-state index contributed by atoms with van der Waals surface area (Å²) >= 11 is 4.98. The highest BCUT2D eigenvalue weighted by Gasteiger charge is 2.29. The zero-order valence-corrected chi connectivity index (χ0v) is 10.5. The van der Waals surface area contributed by atoms with Crippen molar-refractivity contribution in [3.63, 3.8) is 0 Å². The molecule has 2 N–H and O–H groups in total. The summed E-state index contributed by atoms with van der Waals surface area (Å²) in [7, 11) is 0. The minimum atomic E-state index is -0.174. The number of fused-ring (bicyclic) bond motifs is 1. The Bertz CT molecular complexity index is 503. The Morgan fingerprint density at radius 3 is 2.75 bits per heavy atom. The number of ether oxygens (including phenoxy) is 1. The maximum Gasteiger partial charge on any atom is 0.257 e. The number of aromatic amines is 2. The Morgan fingerprint density at radius 1 is 1.44 bits per heavy atom. The number of H-pyrrole nitrogens is 2. The highest BCUT2D eigenvalue weighted by atomic mass is 32.1. The molecule has 2 atom stereocenters. The first-order valence-corrected chi connectivity index (χ1v) is 5.90. The molecule has 2 rings (SSSR count). The Balaban J connectivity index is 2.50. The van der Waals surface area contributed by atoms with Crippen LogP contribution < -0.4 is 5.56 Å². The van der Waals surface area contributed by atoms with E-state index in [1.54, 1.807) is 0 Å². The summed E-state index contributed by atoms with van der Waals surface area (Å²) in [5.41, 5.74) is 1.48.